The molecule has 0 spiro atoms. The molecule has 1 saturated heterocycles. The van der Waals surface area contributed by atoms with Gasteiger partial charge < -0.3 is 4.90 Å². The van der Waals surface area contributed by atoms with Crippen molar-refractivity contribution in [2.75, 3.05) is 13.1 Å². The summed E-state index contributed by atoms with van der Waals surface area (Å²) in [4.78, 5) is 12.0. The molecule has 0 amide bonds. The third-order valence-electron chi connectivity index (χ3n) is 6.09. The van der Waals surface area contributed by atoms with E-state index in [1.165, 1.54) is 17.7 Å². The molecule has 1 fully saturated rings. The van der Waals surface area contributed by atoms with Gasteiger partial charge in [0.1, 0.15) is 5.82 Å². The van der Waals surface area contributed by atoms with Crippen LogP contribution in [0.25, 0.3) is 33.5 Å². The van der Waals surface area contributed by atoms with Gasteiger partial charge in [0.25, 0.3) is 0 Å². The van der Waals surface area contributed by atoms with Gasteiger partial charge in [0.15, 0.2) is 0 Å². The van der Waals surface area contributed by atoms with Crippen LogP contribution >= 0.6 is 11.6 Å². The topological polar surface area (TPSA) is 57.7 Å². The molecule has 0 saturated carbocycles. The first-order chi connectivity index (χ1) is 15.0. The number of pyridine rings is 2. The summed E-state index contributed by atoms with van der Waals surface area (Å²) in [6.07, 6.45) is 4.77. The van der Waals surface area contributed by atoms with E-state index in [0.29, 0.717) is 33.9 Å². The van der Waals surface area contributed by atoms with Crippen molar-refractivity contribution in [3.05, 3.63) is 65.2 Å². The number of aromatic nitrogens is 4. The van der Waals surface area contributed by atoms with Gasteiger partial charge in [-0.25, -0.2) is 9.37 Å². The van der Waals surface area contributed by atoms with Gasteiger partial charge in [-0.3, -0.25) is 10.1 Å². The first-order valence-electron chi connectivity index (χ1n) is 10.5. The number of nitrogens with one attached hydrogen (secondary N) is 1. The first-order valence-corrected chi connectivity index (χ1v) is 10.9. The minimum absolute atomic E-state index is 0.365. The molecule has 7 heteroatoms. The fourth-order valence-electron chi connectivity index (χ4n) is 4.30. The average molecular weight is 436 g/mol. The highest BCUT2D eigenvalue weighted by Crippen LogP contribution is 2.34. The summed E-state index contributed by atoms with van der Waals surface area (Å²) in [5.41, 5.74) is 5.24. The quantitative estimate of drug-likeness (QED) is 0.448. The second-order valence-corrected chi connectivity index (χ2v) is 8.80. The van der Waals surface area contributed by atoms with Crippen LogP contribution in [-0.4, -0.2) is 44.2 Å². The van der Waals surface area contributed by atoms with Crippen molar-refractivity contribution >= 4 is 22.6 Å². The lowest BCUT2D eigenvalue weighted by Gasteiger charge is -2.20. The Morgan fingerprint density at radius 2 is 1.97 bits per heavy atom. The van der Waals surface area contributed by atoms with Gasteiger partial charge >= 0.3 is 0 Å². The minimum atomic E-state index is -0.365. The highest BCUT2D eigenvalue weighted by molar-refractivity contribution is 6.30. The maximum atomic E-state index is 14.5. The number of halogens is 2. The molecule has 158 valence electrons. The highest BCUT2D eigenvalue weighted by atomic mass is 35.5. The average Bonchev–Trinajstić information content (AvgIpc) is 3.45. The summed E-state index contributed by atoms with van der Waals surface area (Å²) in [5.74, 6) is 0.102. The lowest BCUT2D eigenvalue weighted by Crippen LogP contribution is -2.27. The van der Waals surface area contributed by atoms with Crippen molar-refractivity contribution in [1.82, 2.24) is 25.1 Å². The standard InChI is InChI=1S/C24H23ClFN5/c1-14(2)31-8-7-15(13-31)16-9-23-22(27-11-16)6-5-21(29-23)19-12-28-30-24(19)18-10-17(25)3-4-20(18)26/h3-6,9-12,14-15H,7-8,13H2,1-2H3,(H,28,30). The third kappa shape index (κ3) is 3.82. The third-order valence-corrected chi connectivity index (χ3v) is 6.33. The van der Waals surface area contributed by atoms with Crippen molar-refractivity contribution in [1.29, 1.82) is 0 Å². The Kier molecular flexibility index (Phi) is 5.20. The van der Waals surface area contributed by atoms with Crippen molar-refractivity contribution in [2.45, 2.75) is 32.2 Å². The van der Waals surface area contributed by atoms with E-state index >= 15 is 0 Å². The zero-order chi connectivity index (χ0) is 21.5. The van der Waals surface area contributed by atoms with Crippen LogP contribution in [0.15, 0.2) is 48.8 Å². The minimum Gasteiger partial charge on any atom is -0.300 e. The van der Waals surface area contributed by atoms with E-state index in [0.717, 1.165) is 36.1 Å². The first kappa shape index (κ1) is 20.1. The summed E-state index contributed by atoms with van der Waals surface area (Å²) in [7, 11) is 0. The van der Waals surface area contributed by atoms with Gasteiger partial charge in [-0.15, -0.1) is 0 Å². The molecule has 31 heavy (non-hydrogen) atoms. The van der Waals surface area contributed by atoms with Crippen LogP contribution in [-0.2, 0) is 0 Å². The van der Waals surface area contributed by atoms with E-state index in [1.807, 2.05) is 18.3 Å². The second kappa shape index (κ2) is 8.02. The Morgan fingerprint density at radius 1 is 1.10 bits per heavy atom. The van der Waals surface area contributed by atoms with Crippen LogP contribution in [0.1, 0.15) is 31.7 Å². The lowest BCUT2D eigenvalue weighted by molar-refractivity contribution is 0.272. The van der Waals surface area contributed by atoms with Crippen molar-refractivity contribution in [2.24, 2.45) is 0 Å². The Labute approximate surface area is 185 Å². The molecule has 4 aromatic rings. The fraction of sp³-hybridized carbons (Fsp3) is 0.292. The number of H-pyrrole nitrogens is 1. The van der Waals surface area contributed by atoms with Crippen LogP contribution in [0.4, 0.5) is 4.39 Å². The molecule has 4 heterocycles. The summed E-state index contributed by atoms with van der Waals surface area (Å²) in [6, 6.07) is 11.0. The number of nitrogens with zero attached hydrogens (tertiary/aromatic N) is 4. The van der Waals surface area contributed by atoms with Crippen molar-refractivity contribution in [3.8, 4) is 22.5 Å². The van der Waals surface area contributed by atoms with Crippen LogP contribution in [0.2, 0.25) is 5.02 Å². The SMILES string of the molecule is CC(C)N1CCC(c2cnc3ccc(-c4cn[nH]c4-c4cc(Cl)ccc4F)nc3c2)C1. The largest absolute Gasteiger partial charge is 0.300 e. The van der Waals surface area contributed by atoms with Crippen LogP contribution in [0, 0.1) is 5.82 Å². The molecule has 0 bridgehead atoms. The predicted octanol–water partition coefficient (Wildman–Crippen LogP) is 5.68. The van der Waals surface area contributed by atoms with Crippen molar-refractivity contribution in [3.63, 3.8) is 0 Å². The zero-order valence-corrected chi connectivity index (χ0v) is 18.2. The van der Waals surface area contributed by atoms with Crippen LogP contribution in [0.3, 0.4) is 0 Å². The molecule has 1 unspecified atom stereocenters. The number of likely N-dealkylation sites (tertiary alicyclic amines) is 1. The van der Waals surface area contributed by atoms with E-state index in [4.69, 9.17) is 16.6 Å². The van der Waals surface area contributed by atoms with Gasteiger partial charge in [-0.05, 0) is 74.7 Å². The van der Waals surface area contributed by atoms with Gasteiger partial charge in [-0.1, -0.05) is 11.6 Å². The number of benzene rings is 1. The Balaban J connectivity index is 1.53. The molecule has 3 aromatic heterocycles. The van der Waals surface area contributed by atoms with E-state index in [9.17, 15) is 4.39 Å². The zero-order valence-electron chi connectivity index (χ0n) is 17.4. The molecule has 5 nitrogen and oxygen atoms in total. The summed E-state index contributed by atoms with van der Waals surface area (Å²) >= 11 is 6.09. The summed E-state index contributed by atoms with van der Waals surface area (Å²) in [6.45, 7) is 6.63. The van der Waals surface area contributed by atoms with E-state index in [-0.39, 0.29) is 5.82 Å². The lowest BCUT2D eigenvalue weighted by atomic mass is 9.99. The monoisotopic (exact) mass is 435 g/mol. The molecule has 0 radical (unpaired) electrons. The smallest absolute Gasteiger partial charge is 0.132 e. The summed E-state index contributed by atoms with van der Waals surface area (Å²) < 4.78 is 14.5. The molecule has 1 aliphatic heterocycles. The van der Waals surface area contributed by atoms with E-state index in [1.54, 1.807) is 12.3 Å². The van der Waals surface area contributed by atoms with Crippen molar-refractivity contribution < 1.29 is 4.39 Å². The molecular weight excluding hydrogens is 413 g/mol. The molecule has 0 aliphatic carbocycles. The second-order valence-electron chi connectivity index (χ2n) is 8.36. The van der Waals surface area contributed by atoms with Gasteiger partial charge in [-0.2, -0.15) is 5.10 Å². The van der Waals surface area contributed by atoms with Gasteiger partial charge in [0.05, 0.1) is 28.6 Å². The maximum Gasteiger partial charge on any atom is 0.132 e. The normalized spacial score (nSPS) is 17.1. The number of rotatable bonds is 4. The summed E-state index contributed by atoms with van der Waals surface area (Å²) in [5, 5.41) is 7.50. The number of hydrogen-bond acceptors (Lipinski definition) is 4. The number of fused-ring (bicyclic) bond motifs is 1. The number of hydrogen-bond donors (Lipinski definition) is 1. The molecule has 1 atom stereocenters. The Bertz CT molecular complexity index is 1250. The Hall–Kier alpha value is -2.83. The molecular formula is C24H23ClFN5. The molecule has 1 aromatic carbocycles. The van der Waals surface area contributed by atoms with Crippen LogP contribution in [0.5, 0.6) is 0 Å². The maximum absolute atomic E-state index is 14.5. The molecule has 5 rings (SSSR count). The van der Waals surface area contributed by atoms with E-state index in [2.05, 4.69) is 40.0 Å². The number of aromatic amines is 1. The molecule has 1 aliphatic rings. The molecule has 1 N–H and O–H groups in total. The fourth-order valence-corrected chi connectivity index (χ4v) is 4.47. The predicted molar refractivity (Wildman–Crippen MR) is 122 cm³/mol. The highest BCUT2D eigenvalue weighted by Gasteiger charge is 2.26. The van der Waals surface area contributed by atoms with Gasteiger partial charge in [0.2, 0.25) is 0 Å². The van der Waals surface area contributed by atoms with E-state index < -0.39 is 0 Å². The van der Waals surface area contributed by atoms with Gasteiger partial charge in [0, 0.05) is 34.9 Å². The van der Waals surface area contributed by atoms with Crippen LogP contribution < -0.4 is 0 Å². The Morgan fingerprint density at radius 3 is 2.77 bits per heavy atom.